The van der Waals surface area contributed by atoms with Crippen LogP contribution >= 0.6 is 0 Å². The van der Waals surface area contributed by atoms with Crippen molar-refractivity contribution in [3.05, 3.63) is 0 Å². The molecule has 1 saturated carbocycles. The van der Waals surface area contributed by atoms with E-state index in [1.807, 2.05) is 25.7 Å². The van der Waals surface area contributed by atoms with Crippen LogP contribution in [0.2, 0.25) is 0 Å². The lowest BCUT2D eigenvalue weighted by Crippen LogP contribution is -2.67. The third kappa shape index (κ3) is 2.45. The second-order valence-corrected chi connectivity index (χ2v) is 7.30. The van der Waals surface area contributed by atoms with E-state index in [4.69, 9.17) is 0 Å². The Hall–Kier alpha value is -1.06. The molecule has 2 fully saturated rings. The van der Waals surface area contributed by atoms with Crippen LogP contribution in [0.4, 0.5) is 0 Å². The number of hydrogen-bond acceptors (Lipinski definition) is 2. The van der Waals surface area contributed by atoms with Crippen molar-refractivity contribution in [2.24, 2.45) is 11.3 Å². The SMILES string of the molecule is CCC1C(=O)NC(C(C)C)C(=O)N1C1CCCC1(C)C. The number of piperazine rings is 1. The molecule has 0 spiro atoms. The molecule has 1 saturated heterocycles. The van der Waals surface area contributed by atoms with Crippen LogP contribution in [-0.2, 0) is 9.59 Å². The summed E-state index contributed by atoms with van der Waals surface area (Å²) >= 11 is 0. The number of rotatable bonds is 3. The molecule has 2 amide bonds. The monoisotopic (exact) mass is 280 g/mol. The highest BCUT2D eigenvalue weighted by Crippen LogP contribution is 2.42. The molecule has 0 aromatic carbocycles. The Morgan fingerprint density at radius 1 is 1.35 bits per heavy atom. The zero-order chi connectivity index (χ0) is 15.1. The van der Waals surface area contributed by atoms with Gasteiger partial charge in [-0.05, 0) is 30.6 Å². The van der Waals surface area contributed by atoms with Crippen LogP contribution in [0, 0.1) is 11.3 Å². The topological polar surface area (TPSA) is 49.4 Å². The Balaban J connectivity index is 2.34. The van der Waals surface area contributed by atoms with Gasteiger partial charge in [-0.1, -0.05) is 41.0 Å². The second kappa shape index (κ2) is 5.38. The first-order valence-corrected chi connectivity index (χ1v) is 7.92. The minimum atomic E-state index is -0.360. The minimum absolute atomic E-state index is 0.0218. The van der Waals surface area contributed by atoms with Crippen LogP contribution in [0.15, 0.2) is 0 Å². The molecule has 4 heteroatoms. The molecule has 0 aromatic heterocycles. The van der Waals surface area contributed by atoms with E-state index in [1.54, 1.807) is 0 Å². The zero-order valence-corrected chi connectivity index (χ0v) is 13.4. The van der Waals surface area contributed by atoms with E-state index in [9.17, 15) is 9.59 Å². The van der Waals surface area contributed by atoms with Crippen molar-refractivity contribution in [2.45, 2.75) is 78.4 Å². The molecule has 1 heterocycles. The largest absolute Gasteiger partial charge is 0.342 e. The maximum absolute atomic E-state index is 12.9. The van der Waals surface area contributed by atoms with E-state index in [0.29, 0.717) is 6.42 Å². The highest BCUT2D eigenvalue weighted by molar-refractivity contribution is 5.97. The number of carbonyl (C=O) groups is 2. The molecule has 114 valence electrons. The van der Waals surface area contributed by atoms with Crippen LogP contribution in [0.5, 0.6) is 0 Å². The molecule has 0 radical (unpaired) electrons. The van der Waals surface area contributed by atoms with Crippen LogP contribution in [-0.4, -0.2) is 34.8 Å². The van der Waals surface area contributed by atoms with Gasteiger partial charge in [-0.25, -0.2) is 0 Å². The molecule has 2 aliphatic rings. The molecule has 3 atom stereocenters. The van der Waals surface area contributed by atoms with Crippen molar-refractivity contribution < 1.29 is 9.59 Å². The summed E-state index contributed by atoms with van der Waals surface area (Å²) in [5.41, 5.74) is 0.113. The van der Waals surface area contributed by atoms with Crippen molar-refractivity contribution >= 4 is 11.8 Å². The molecule has 2 rings (SSSR count). The Morgan fingerprint density at radius 3 is 2.45 bits per heavy atom. The van der Waals surface area contributed by atoms with Gasteiger partial charge in [0.05, 0.1) is 0 Å². The van der Waals surface area contributed by atoms with Crippen molar-refractivity contribution in [2.75, 3.05) is 0 Å². The fourth-order valence-corrected chi connectivity index (χ4v) is 3.78. The predicted octanol–water partition coefficient (Wildman–Crippen LogP) is 2.33. The van der Waals surface area contributed by atoms with Crippen LogP contribution in [0.1, 0.15) is 60.3 Å². The maximum atomic E-state index is 12.9. The fraction of sp³-hybridized carbons (Fsp3) is 0.875. The van der Waals surface area contributed by atoms with Gasteiger partial charge in [0.2, 0.25) is 11.8 Å². The average molecular weight is 280 g/mol. The van der Waals surface area contributed by atoms with E-state index >= 15 is 0 Å². The van der Waals surface area contributed by atoms with Crippen molar-refractivity contribution in [1.29, 1.82) is 0 Å². The first kappa shape index (κ1) is 15.3. The summed E-state index contributed by atoms with van der Waals surface area (Å²) in [4.78, 5) is 27.2. The van der Waals surface area contributed by atoms with Gasteiger partial charge in [-0.15, -0.1) is 0 Å². The van der Waals surface area contributed by atoms with E-state index < -0.39 is 0 Å². The third-order valence-corrected chi connectivity index (χ3v) is 5.05. The Morgan fingerprint density at radius 2 is 2.00 bits per heavy atom. The molecule has 1 N–H and O–H groups in total. The van der Waals surface area contributed by atoms with Crippen LogP contribution in [0.3, 0.4) is 0 Å². The third-order valence-electron chi connectivity index (χ3n) is 5.05. The summed E-state index contributed by atoms with van der Waals surface area (Å²) in [7, 11) is 0. The number of amides is 2. The minimum Gasteiger partial charge on any atom is -0.342 e. The standard InChI is InChI=1S/C16H28N2O2/c1-6-11-14(19)17-13(10(2)3)15(20)18(11)12-8-7-9-16(12,4)5/h10-13H,6-9H2,1-5H3,(H,17,19). The molecule has 0 aromatic rings. The highest BCUT2D eigenvalue weighted by Gasteiger charge is 2.49. The Bertz CT molecular complexity index is 403. The normalized spacial score (nSPS) is 33.7. The van der Waals surface area contributed by atoms with Gasteiger partial charge >= 0.3 is 0 Å². The summed E-state index contributed by atoms with van der Waals surface area (Å²) in [6.45, 7) is 10.4. The lowest BCUT2D eigenvalue weighted by molar-refractivity contribution is -0.155. The van der Waals surface area contributed by atoms with Crippen molar-refractivity contribution in [1.82, 2.24) is 10.2 Å². The molecular weight excluding hydrogens is 252 g/mol. The molecule has 1 aliphatic heterocycles. The van der Waals surface area contributed by atoms with Crippen molar-refractivity contribution in [3.8, 4) is 0 Å². The summed E-state index contributed by atoms with van der Waals surface area (Å²) in [6, 6.07) is -0.450. The maximum Gasteiger partial charge on any atom is 0.246 e. The van der Waals surface area contributed by atoms with Crippen LogP contribution < -0.4 is 5.32 Å². The van der Waals surface area contributed by atoms with Gasteiger partial charge < -0.3 is 10.2 Å². The van der Waals surface area contributed by atoms with Gasteiger partial charge in [-0.3, -0.25) is 9.59 Å². The summed E-state index contributed by atoms with van der Waals surface area (Å²) in [5, 5.41) is 2.92. The van der Waals surface area contributed by atoms with Gasteiger partial charge in [0, 0.05) is 6.04 Å². The van der Waals surface area contributed by atoms with Gasteiger partial charge in [-0.2, -0.15) is 0 Å². The highest BCUT2D eigenvalue weighted by atomic mass is 16.2. The Labute approximate surface area is 122 Å². The zero-order valence-electron chi connectivity index (χ0n) is 13.4. The number of nitrogens with zero attached hydrogens (tertiary/aromatic N) is 1. The van der Waals surface area contributed by atoms with Gasteiger partial charge in [0.25, 0.3) is 0 Å². The second-order valence-electron chi connectivity index (χ2n) is 7.30. The first-order valence-electron chi connectivity index (χ1n) is 7.92. The van der Waals surface area contributed by atoms with E-state index in [1.165, 1.54) is 0 Å². The van der Waals surface area contributed by atoms with Crippen molar-refractivity contribution in [3.63, 3.8) is 0 Å². The number of nitrogens with one attached hydrogen (secondary N) is 1. The molecule has 1 aliphatic carbocycles. The summed E-state index contributed by atoms with van der Waals surface area (Å²) in [5.74, 6) is 0.274. The quantitative estimate of drug-likeness (QED) is 0.862. The summed E-state index contributed by atoms with van der Waals surface area (Å²) in [6.07, 6.45) is 3.99. The smallest absolute Gasteiger partial charge is 0.246 e. The lowest BCUT2D eigenvalue weighted by Gasteiger charge is -2.47. The average Bonchev–Trinajstić information content (AvgIpc) is 2.70. The van der Waals surface area contributed by atoms with Gasteiger partial charge in [0.1, 0.15) is 12.1 Å². The molecule has 3 unspecified atom stereocenters. The molecule has 4 nitrogen and oxygen atoms in total. The van der Waals surface area contributed by atoms with E-state index in [2.05, 4.69) is 19.2 Å². The van der Waals surface area contributed by atoms with E-state index in [0.717, 1.165) is 19.3 Å². The molecule has 20 heavy (non-hydrogen) atoms. The fourth-order valence-electron chi connectivity index (χ4n) is 3.78. The Kier molecular flexibility index (Phi) is 4.12. The lowest BCUT2D eigenvalue weighted by atomic mass is 9.83. The van der Waals surface area contributed by atoms with E-state index in [-0.39, 0.29) is 41.3 Å². The first-order chi connectivity index (χ1) is 9.29. The van der Waals surface area contributed by atoms with Crippen LogP contribution in [0.25, 0.3) is 0 Å². The number of hydrogen-bond donors (Lipinski definition) is 1. The number of carbonyl (C=O) groups excluding carboxylic acids is 2. The molecular formula is C16H28N2O2. The summed E-state index contributed by atoms with van der Waals surface area (Å²) < 4.78 is 0. The van der Waals surface area contributed by atoms with Gasteiger partial charge in [0.15, 0.2) is 0 Å². The molecule has 0 bridgehead atoms. The predicted molar refractivity (Wildman–Crippen MR) is 79.1 cm³/mol.